The van der Waals surface area contributed by atoms with Crippen molar-refractivity contribution in [3.8, 4) is 0 Å². The highest BCUT2D eigenvalue weighted by Crippen LogP contribution is 2.16. The second-order valence-electron chi connectivity index (χ2n) is 4.58. The lowest BCUT2D eigenvalue weighted by Gasteiger charge is -2.14. The van der Waals surface area contributed by atoms with Gasteiger partial charge in [-0.2, -0.15) is 0 Å². The van der Waals surface area contributed by atoms with Crippen LogP contribution in [0.4, 0.5) is 4.79 Å². The molecule has 0 spiro atoms. The van der Waals surface area contributed by atoms with Crippen molar-refractivity contribution >= 4 is 28.9 Å². The molecule has 2 amide bonds. The third kappa shape index (κ3) is 5.96. The second kappa shape index (κ2) is 8.04. The fraction of sp³-hybridized carbons (Fsp3) is 0.750. The highest BCUT2D eigenvalue weighted by molar-refractivity contribution is 8.13. The van der Waals surface area contributed by atoms with Gasteiger partial charge in [0.25, 0.3) is 5.24 Å². The molecule has 19 heavy (non-hydrogen) atoms. The third-order valence-corrected chi connectivity index (χ3v) is 3.90. The normalized spacial score (nSPS) is 16.5. The van der Waals surface area contributed by atoms with Crippen LogP contribution in [0.25, 0.3) is 0 Å². The Morgan fingerprint density at radius 3 is 2.84 bits per heavy atom. The number of carbonyl (C=O) groups is 3. The highest BCUT2D eigenvalue weighted by atomic mass is 32.2. The molecule has 0 radical (unpaired) electrons. The number of rotatable bonds is 8. The van der Waals surface area contributed by atoms with Gasteiger partial charge in [-0.15, -0.1) is 0 Å². The van der Waals surface area contributed by atoms with E-state index >= 15 is 0 Å². The molecule has 1 heterocycles. The van der Waals surface area contributed by atoms with E-state index in [4.69, 9.17) is 5.11 Å². The average molecular weight is 288 g/mol. The first kappa shape index (κ1) is 15.8. The Morgan fingerprint density at radius 1 is 1.53 bits per heavy atom. The van der Waals surface area contributed by atoms with E-state index in [9.17, 15) is 14.4 Å². The van der Waals surface area contributed by atoms with Crippen LogP contribution in [0.15, 0.2) is 0 Å². The van der Waals surface area contributed by atoms with Crippen LogP contribution in [0.1, 0.15) is 26.2 Å². The van der Waals surface area contributed by atoms with Crippen molar-refractivity contribution in [3.05, 3.63) is 0 Å². The zero-order chi connectivity index (χ0) is 14.3. The molecule has 6 nitrogen and oxygen atoms in total. The minimum Gasteiger partial charge on any atom is -0.481 e. The standard InChI is InChI=1S/C12H20N2O4S/c1-9(11(16)17)3-2-5-13-10(15)4-6-14-7-8-19-12(14)18/h9H,2-8H2,1H3,(H,13,15)(H,16,17). The molecule has 0 bridgehead atoms. The van der Waals surface area contributed by atoms with Crippen molar-refractivity contribution in [1.29, 1.82) is 0 Å². The van der Waals surface area contributed by atoms with Gasteiger partial charge in [-0.3, -0.25) is 14.4 Å². The van der Waals surface area contributed by atoms with E-state index in [1.54, 1.807) is 11.8 Å². The number of hydrogen-bond donors (Lipinski definition) is 2. The van der Waals surface area contributed by atoms with Crippen molar-refractivity contribution in [3.63, 3.8) is 0 Å². The van der Waals surface area contributed by atoms with Crippen molar-refractivity contribution in [1.82, 2.24) is 10.2 Å². The van der Waals surface area contributed by atoms with Crippen LogP contribution in [-0.2, 0) is 9.59 Å². The van der Waals surface area contributed by atoms with Gasteiger partial charge in [-0.1, -0.05) is 18.7 Å². The van der Waals surface area contributed by atoms with Crippen molar-refractivity contribution < 1.29 is 19.5 Å². The highest BCUT2D eigenvalue weighted by Gasteiger charge is 2.21. The SMILES string of the molecule is CC(CCCNC(=O)CCN1CCSC1=O)C(=O)O. The average Bonchev–Trinajstić information content (AvgIpc) is 2.77. The summed E-state index contributed by atoms with van der Waals surface area (Å²) in [5.41, 5.74) is 0. The number of carboxylic acid groups (broad SMARTS) is 1. The van der Waals surface area contributed by atoms with Crippen LogP contribution in [0.2, 0.25) is 0 Å². The van der Waals surface area contributed by atoms with Gasteiger partial charge in [-0.25, -0.2) is 0 Å². The van der Waals surface area contributed by atoms with E-state index in [0.717, 1.165) is 5.75 Å². The summed E-state index contributed by atoms with van der Waals surface area (Å²) >= 11 is 1.28. The molecule has 1 fully saturated rings. The van der Waals surface area contributed by atoms with Gasteiger partial charge in [0, 0.05) is 31.8 Å². The Bertz CT molecular complexity index is 349. The number of amides is 2. The zero-order valence-corrected chi connectivity index (χ0v) is 11.9. The van der Waals surface area contributed by atoms with Crippen LogP contribution in [0.3, 0.4) is 0 Å². The van der Waals surface area contributed by atoms with E-state index in [1.807, 2.05) is 0 Å². The van der Waals surface area contributed by atoms with E-state index < -0.39 is 5.97 Å². The second-order valence-corrected chi connectivity index (χ2v) is 5.63. The van der Waals surface area contributed by atoms with Gasteiger partial charge >= 0.3 is 5.97 Å². The van der Waals surface area contributed by atoms with E-state index in [2.05, 4.69) is 5.32 Å². The number of nitrogens with zero attached hydrogens (tertiary/aromatic N) is 1. The molecule has 0 saturated carbocycles. The third-order valence-electron chi connectivity index (χ3n) is 3.01. The topological polar surface area (TPSA) is 86.7 Å². The molecule has 1 aliphatic rings. The molecule has 0 aromatic carbocycles. The number of carbonyl (C=O) groups excluding carboxylic acids is 2. The summed E-state index contributed by atoms with van der Waals surface area (Å²) < 4.78 is 0. The van der Waals surface area contributed by atoms with Crippen LogP contribution < -0.4 is 5.32 Å². The van der Waals surface area contributed by atoms with Gasteiger partial charge in [-0.05, 0) is 12.8 Å². The van der Waals surface area contributed by atoms with Crippen molar-refractivity contribution in [2.75, 3.05) is 25.4 Å². The molecule has 7 heteroatoms. The van der Waals surface area contributed by atoms with Crippen LogP contribution in [0, 0.1) is 5.92 Å². The predicted molar refractivity (Wildman–Crippen MR) is 73.1 cm³/mol. The Balaban J connectivity index is 2.05. The Hall–Kier alpha value is -1.24. The van der Waals surface area contributed by atoms with Crippen LogP contribution >= 0.6 is 11.8 Å². The molecular weight excluding hydrogens is 268 g/mol. The summed E-state index contributed by atoms with van der Waals surface area (Å²) in [5.74, 6) is -0.478. The molecule has 1 saturated heterocycles. The summed E-state index contributed by atoms with van der Waals surface area (Å²) in [6.07, 6.45) is 1.51. The fourth-order valence-electron chi connectivity index (χ4n) is 1.71. The molecule has 0 aromatic rings. The monoisotopic (exact) mass is 288 g/mol. The summed E-state index contributed by atoms with van der Waals surface area (Å²) in [5, 5.41) is 11.5. The van der Waals surface area contributed by atoms with Gasteiger partial charge in [0.05, 0.1) is 5.92 Å². The van der Waals surface area contributed by atoms with Gasteiger partial charge < -0.3 is 15.3 Å². The first-order chi connectivity index (χ1) is 9.00. The first-order valence-electron chi connectivity index (χ1n) is 6.42. The molecule has 1 rings (SSSR count). The van der Waals surface area contributed by atoms with E-state index in [1.165, 1.54) is 11.8 Å². The maximum Gasteiger partial charge on any atom is 0.306 e. The first-order valence-corrected chi connectivity index (χ1v) is 7.40. The fourth-order valence-corrected chi connectivity index (χ4v) is 2.56. The quantitative estimate of drug-likeness (QED) is 0.655. The summed E-state index contributed by atoms with van der Waals surface area (Å²) in [6.45, 7) is 3.32. The molecular formula is C12H20N2O4S. The smallest absolute Gasteiger partial charge is 0.306 e. The van der Waals surface area contributed by atoms with Gasteiger partial charge in [0.1, 0.15) is 0 Å². The number of aliphatic carboxylic acids is 1. The summed E-state index contributed by atoms with van der Waals surface area (Å²) in [4.78, 5) is 35.1. The molecule has 108 valence electrons. The molecule has 1 atom stereocenters. The maximum atomic E-state index is 11.5. The van der Waals surface area contributed by atoms with Crippen LogP contribution in [0.5, 0.6) is 0 Å². The lowest BCUT2D eigenvalue weighted by molar-refractivity contribution is -0.141. The Labute approximate surface area is 116 Å². The Kier molecular flexibility index (Phi) is 6.69. The predicted octanol–water partition coefficient (Wildman–Crippen LogP) is 1.16. The Morgan fingerprint density at radius 2 is 2.26 bits per heavy atom. The molecule has 2 N–H and O–H groups in total. The van der Waals surface area contributed by atoms with E-state index in [-0.39, 0.29) is 17.1 Å². The minimum absolute atomic E-state index is 0.0445. The molecule has 0 aliphatic carbocycles. The lowest BCUT2D eigenvalue weighted by atomic mass is 10.1. The number of hydrogen-bond acceptors (Lipinski definition) is 4. The van der Waals surface area contributed by atoms with E-state index in [0.29, 0.717) is 38.9 Å². The number of thioether (sulfide) groups is 1. The number of carboxylic acids is 1. The van der Waals surface area contributed by atoms with Crippen molar-refractivity contribution in [2.45, 2.75) is 26.2 Å². The largest absolute Gasteiger partial charge is 0.481 e. The minimum atomic E-state index is -0.809. The molecule has 0 aromatic heterocycles. The molecule has 1 unspecified atom stereocenters. The van der Waals surface area contributed by atoms with Gasteiger partial charge in [0.15, 0.2) is 0 Å². The summed E-state index contributed by atoms with van der Waals surface area (Å²) in [6, 6.07) is 0. The lowest BCUT2D eigenvalue weighted by Crippen LogP contribution is -2.31. The zero-order valence-electron chi connectivity index (χ0n) is 11.1. The maximum absolute atomic E-state index is 11.5. The van der Waals surface area contributed by atoms with Gasteiger partial charge in [0.2, 0.25) is 5.91 Å². The van der Waals surface area contributed by atoms with Crippen molar-refractivity contribution in [2.24, 2.45) is 5.92 Å². The van der Waals surface area contributed by atoms with Crippen LogP contribution in [-0.4, -0.2) is 52.5 Å². The molecule has 1 aliphatic heterocycles. The number of nitrogens with one attached hydrogen (secondary N) is 1. The summed E-state index contributed by atoms with van der Waals surface area (Å²) in [7, 11) is 0.